The van der Waals surface area contributed by atoms with Crippen LogP contribution in [-0.4, -0.2) is 17.2 Å². The molecule has 2 bridgehead atoms. The molecule has 0 aromatic carbocycles. The van der Waals surface area contributed by atoms with Crippen molar-refractivity contribution in [2.75, 3.05) is 0 Å². The van der Waals surface area contributed by atoms with Crippen LogP contribution in [0.5, 0.6) is 0 Å². The number of hydrogen-bond donors (Lipinski definition) is 1. The van der Waals surface area contributed by atoms with Gasteiger partial charge in [-0.2, -0.15) is 0 Å². The molecule has 0 aromatic rings. The fourth-order valence-corrected chi connectivity index (χ4v) is 2.26. The molecule has 3 unspecified atom stereocenters. The smallest absolute Gasteiger partial charge is 0.0814 e. The van der Waals surface area contributed by atoms with E-state index < -0.39 is 0 Å². The fourth-order valence-electron chi connectivity index (χ4n) is 2.26. The number of nitrogens with two attached hydrogens (primary N) is 1. The van der Waals surface area contributed by atoms with Gasteiger partial charge in [0.1, 0.15) is 0 Å². The molecule has 2 nitrogen and oxygen atoms in total. The summed E-state index contributed by atoms with van der Waals surface area (Å²) in [6.45, 7) is 4.31. The zero-order valence-corrected chi connectivity index (χ0v) is 6.68. The molecular formula is C8H15NO. The maximum Gasteiger partial charge on any atom is 0.0814 e. The highest BCUT2D eigenvalue weighted by atomic mass is 16.5. The highest BCUT2D eigenvalue weighted by Gasteiger charge is 2.55. The van der Waals surface area contributed by atoms with Crippen LogP contribution in [0.2, 0.25) is 0 Å². The van der Waals surface area contributed by atoms with E-state index in [-0.39, 0.29) is 17.2 Å². The average Bonchev–Trinajstić information content (AvgIpc) is 2.17. The summed E-state index contributed by atoms with van der Waals surface area (Å²) in [6, 6.07) is 0.270. The van der Waals surface area contributed by atoms with E-state index in [2.05, 4.69) is 13.8 Å². The molecule has 0 saturated carbocycles. The van der Waals surface area contributed by atoms with Crippen molar-refractivity contribution >= 4 is 0 Å². The third-order valence-electron chi connectivity index (χ3n) is 3.07. The van der Waals surface area contributed by atoms with Gasteiger partial charge in [-0.1, -0.05) is 0 Å². The van der Waals surface area contributed by atoms with Gasteiger partial charge in [-0.15, -0.1) is 0 Å². The molecule has 2 heterocycles. The highest BCUT2D eigenvalue weighted by molar-refractivity contribution is 5.07. The van der Waals surface area contributed by atoms with Crippen LogP contribution in [0.3, 0.4) is 0 Å². The second kappa shape index (κ2) is 1.56. The van der Waals surface area contributed by atoms with Gasteiger partial charge in [0.15, 0.2) is 0 Å². The highest BCUT2D eigenvalue weighted by Crippen LogP contribution is 2.49. The molecule has 0 aromatic heterocycles. The lowest BCUT2D eigenvalue weighted by atomic mass is 9.81. The van der Waals surface area contributed by atoms with Gasteiger partial charge >= 0.3 is 0 Å². The van der Waals surface area contributed by atoms with Crippen LogP contribution >= 0.6 is 0 Å². The molecule has 0 radical (unpaired) electrons. The summed E-state index contributed by atoms with van der Waals surface area (Å²) in [4.78, 5) is 0. The van der Waals surface area contributed by atoms with E-state index in [0.717, 1.165) is 12.8 Å². The Morgan fingerprint density at radius 2 is 2.10 bits per heavy atom. The van der Waals surface area contributed by atoms with E-state index in [4.69, 9.17) is 10.5 Å². The Balaban J connectivity index is 2.28. The lowest BCUT2D eigenvalue weighted by molar-refractivity contribution is -0.0299. The Labute approximate surface area is 61.7 Å². The Kier molecular flexibility index (Phi) is 1.03. The molecule has 0 amide bonds. The minimum absolute atomic E-state index is 0.00868. The summed E-state index contributed by atoms with van der Waals surface area (Å²) in [7, 11) is 0. The maximum atomic E-state index is 5.91. The van der Waals surface area contributed by atoms with Crippen LogP contribution < -0.4 is 5.73 Å². The van der Waals surface area contributed by atoms with Crippen molar-refractivity contribution in [3.8, 4) is 0 Å². The van der Waals surface area contributed by atoms with Crippen LogP contribution in [-0.2, 0) is 4.74 Å². The van der Waals surface area contributed by atoms with Crippen molar-refractivity contribution in [2.45, 2.75) is 50.4 Å². The number of fused-ring (bicyclic) bond motifs is 2. The lowest BCUT2D eigenvalue weighted by Gasteiger charge is -2.25. The second-order valence-corrected chi connectivity index (χ2v) is 4.18. The fraction of sp³-hybridized carbons (Fsp3) is 1.00. The molecule has 3 atom stereocenters. The summed E-state index contributed by atoms with van der Waals surface area (Å²) < 4.78 is 5.83. The van der Waals surface area contributed by atoms with E-state index in [1.54, 1.807) is 0 Å². The number of hydrogen-bond acceptors (Lipinski definition) is 2. The van der Waals surface area contributed by atoms with Gasteiger partial charge in [-0.3, -0.25) is 0 Å². The Hall–Kier alpha value is -0.0800. The van der Waals surface area contributed by atoms with E-state index in [1.807, 2.05) is 0 Å². The predicted octanol–water partition coefficient (Wildman–Crippen LogP) is 1.05. The third-order valence-corrected chi connectivity index (χ3v) is 3.07. The molecule has 10 heavy (non-hydrogen) atoms. The molecule has 2 rings (SSSR count). The molecule has 2 saturated heterocycles. The van der Waals surface area contributed by atoms with Gasteiger partial charge in [0, 0.05) is 6.04 Å². The monoisotopic (exact) mass is 141 g/mol. The van der Waals surface area contributed by atoms with Crippen molar-refractivity contribution < 1.29 is 4.74 Å². The minimum Gasteiger partial charge on any atom is -0.367 e. The lowest BCUT2D eigenvalue weighted by Crippen LogP contribution is -2.42. The molecule has 2 N–H and O–H groups in total. The number of rotatable bonds is 0. The van der Waals surface area contributed by atoms with E-state index in [9.17, 15) is 0 Å². The zero-order valence-electron chi connectivity index (χ0n) is 6.68. The molecule has 2 heteroatoms. The summed E-state index contributed by atoms with van der Waals surface area (Å²) in [5, 5.41) is 0. The van der Waals surface area contributed by atoms with Gasteiger partial charge in [-0.25, -0.2) is 0 Å². The summed E-state index contributed by atoms with van der Waals surface area (Å²) in [5.74, 6) is 0. The van der Waals surface area contributed by atoms with Crippen molar-refractivity contribution in [1.82, 2.24) is 0 Å². The normalized spacial score (nSPS) is 59.7. The van der Waals surface area contributed by atoms with Crippen molar-refractivity contribution in [3.63, 3.8) is 0 Å². The molecule has 0 spiro atoms. The van der Waals surface area contributed by atoms with E-state index in [0.29, 0.717) is 0 Å². The van der Waals surface area contributed by atoms with Crippen LogP contribution in [0.15, 0.2) is 0 Å². The van der Waals surface area contributed by atoms with Crippen LogP contribution in [0.1, 0.15) is 33.1 Å². The Morgan fingerprint density at radius 1 is 1.40 bits per heavy atom. The standard InChI is InChI=1S/C8H15NO/c1-7-3-4-8(2,10-7)6(9)5-7/h6H,3-5,9H2,1-2H3. The average molecular weight is 141 g/mol. The van der Waals surface area contributed by atoms with Crippen LogP contribution in [0.4, 0.5) is 0 Å². The first kappa shape index (κ1) is 6.62. The summed E-state index contributed by atoms with van der Waals surface area (Å²) >= 11 is 0. The first-order valence-electron chi connectivity index (χ1n) is 4.00. The van der Waals surface area contributed by atoms with Crippen molar-refractivity contribution in [1.29, 1.82) is 0 Å². The van der Waals surface area contributed by atoms with Gasteiger partial charge in [-0.05, 0) is 33.1 Å². The molecule has 2 aliphatic heterocycles. The third kappa shape index (κ3) is 0.663. The van der Waals surface area contributed by atoms with Crippen molar-refractivity contribution in [3.05, 3.63) is 0 Å². The van der Waals surface area contributed by atoms with Gasteiger partial charge in [0.25, 0.3) is 0 Å². The van der Waals surface area contributed by atoms with Crippen molar-refractivity contribution in [2.24, 2.45) is 5.73 Å². The quantitative estimate of drug-likeness (QED) is 0.547. The minimum atomic E-state index is 0.00868. The first-order chi connectivity index (χ1) is 4.54. The topological polar surface area (TPSA) is 35.2 Å². The predicted molar refractivity (Wildman–Crippen MR) is 39.7 cm³/mol. The Bertz CT molecular complexity index is 171. The molecule has 58 valence electrons. The van der Waals surface area contributed by atoms with E-state index >= 15 is 0 Å². The summed E-state index contributed by atoms with van der Waals surface area (Å²) in [5.41, 5.74) is 6.04. The van der Waals surface area contributed by atoms with Gasteiger partial charge < -0.3 is 10.5 Å². The Morgan fingerprint density at radius 3 is 2.30 bits per heavy atom. The van der Waals surface area contributed by atoms with E-state index in [1.165, 1.54) is 6.42 Å². The summed E-state index contributed by atoms with van der Waals surface area (Å²) in [6.07, 6.45) is 3.38. The molecular weight excluding hydrogens is 126 g/mol. The largest absolute Gasteiger partial charge is 0.367 e. The SMILES string of the molecule is CC12CCC(C)(O1)C(N)C2. The first-order valence-corrected chi connectivity index (χ1v) is 4.00. The molecule has 2 fully saturated rings. The molecule has 2 aliphatic rings. The maximum absolute atomic E-state index is 5.91. The van der Waals surface area contributed by atoms with Crippen LogP contribution in [0, 0.1) is 0 Å². The second-order valence-electron chi connectivity index (χ2n) is 4.18. The zero-order chi connectivity index (χ0) is 7.41. The molecule has 0 aliphatic carbocycles. The van der Waals surface area contributed by atoms with Crippen LogP contribution in [0.25, 0.3) is 0 Å². The van der Waals surface area contributed by atoms with Gasteiger partial charge in [0.05, 0.1) is 11.2 Å². The van der Waals surface area contributed by atoms with Gasteiger partial charge in [0.2, 0.25) is 0 Å². The number of ether oxygens (including phenoxy) is 1.